The smallest absolute Gasteiger partial charge is 0.133 e. The van der Waals surface area contributed by atoms with Gasteiger partial charge >= 0.3 is 0 Å². The molecule has 4 rings (SSSR count). The summed E-state index contributed by atoms with van der Waals surface area (Å²) in [6.45, 7) is 2.38. The van der Waals surface area contributed by atoms with Crippen LogP contribution in [0.3, 0.4) is 0 Å². The molecule has 4 saturated carbocycles. The van der Waals surface area contributed by atoms with Crippen LogP contribution in [0.25, 0.3) is 0 Å². The molecule has 0 aromatic heterocycles. The Labute approximate surface area is 122 Å². The van der Waals surface area contributed by atoms with E-state index in [9.17, 15) is 9.90 Å². The average molecular weight is 276 g/mol. The lowest BCUT2D eigenvalue weighted by molar-refractivity contribution is -0.118. The van der Waals surface area contributed by atoms with Crippen molar-refractivity contribution in [2.75, 3.05) is 0 Å². The zero-order chi connectivity index (χ0) is 13.9. The molecule has 4 aliphatic carbocycles. The molecule has 4 fully saturated rings. The summed E-state index contributed by atoms with van der Waals surface area (Å²) in [5.41, 5.74) is 0.333. The average Bonchev–Trinajstić information content (AvgIpc) is 2.71. The molecular formula is C18H28O2. The zero-order valence-electron chi connectivity index (χ0n) is 12.7. The molecule has 20 heavy (non-hydrogen) atoms. The van der Waals surface area contributed by atoms with E-state index < -0.39 is 0 Å². The van der Waals surface area contributed by atoms with Crippen LogP contribution in [-0.4, -0.2) is 17.0 Å². The van der Waals surface area contributed by atoms with Crippen molar-refractivity contribution < 1.29 is 9.90 Å². The van der Waals surface area contributed by atoms with E-state index in [-0.39, 0.29) is 6.10 Å². The van der Waals surface area contributed by atoms with Crippen LogP contribution in [0.4, 0.5) is 0 Å². The van der Waals surface area contributed by atoms with Gasteiger partial charge in [-0.3, -0.25) is 4.79 Å². The Balaban J connectivity index is 1.55. The fraction of sp³-hybridized carbons (Fsp3) is 0.944. The number of Topliss-reactive ketones (excluding diaryl/α,β-unsaturated/α-hetero) is 1. The van der Waals surface area contributed by atoms with Gasteiger partial charge in [0.05, 0.1) is 6.10 Å². The van der Waals surface area contributed by atoms with Gasteiger partial charge in [-0.25, -0.2) is 0 Å². The van der Waals surface area contributed by atoms with Gasteiger partial charge in [-0.05, 0) is 80.0 Å². The highest BCUT2D eigenvalue weighted by atomic mass is 16.3. The second-order valence-electron chi connectivity index (χ2n) is 8.60. The standard InChI is InChI=1S/C18H28O2/c1-18-5-4-12-6-13-7-14(19)3-2-11(13)8-16(12)17(18)9-15(20)10-18/h11-14,16-17,19H,2-10H2,1H3/t11-,12+,13?,14?,16+,17-,18+/m1/s1. The Bertz CT molecular complexity index is 418. The van der Waals surface area contributed by atoms with Gasteiger partial charge in [0.2, 0.25) is 0 Å². The summed E-state index contributed by atoms with van der Waals surface area (Å²) in [5, 5.41) is 9.93. The number of carbonyl (C=O) groups excluding carboxylic acids is 1. The number of hydrogen-bond acceptors (Lipinski definition) is 2. The number of carbonyl (C=O) groups is 1. The Morgan fingerprint density at radius 1 is 1.05 bits per heavy atom. The molecule has 7 atom stereocenters. The molecule has 0 spiro atoms. The molecule has 1 N–H and O–H groups in total. The minimum absolute atomic E-state index is 0.0327. The van der Waals surface area contributed by atoms with E-state index in [4.69, 9.17) is 0 Å². The molecule has 2 unspecified atom stereocenters. The van der Waals surface area contributed by atoms with Gasteiger partial charge in [-0.1, -0.05) is 6.92 Å². The number of aliphatic hydroxyl groups is 1. The minimum atomic E-state index is -0.0327. The van der Waals surface area contributed by atoms with Crippen LogP contribution in [0.5, 0.6) is 0 Å². The Kier molecular flexibility index (Phi) is 3.03. The first kappa shape index (κ1) is 13.3. The van der Waals surface area contributed by atoms with Crippen molar-refractivity contribution in [3.8, 4) is 0 Å². The first-order valence-corrected chi connectivity index (χ1v) is 8.75. The lowest BCUT2D eigenvalue weighted by Gasteiger charge is -2.53. The van der Waals surface area contributed by atoms with Crippen LogP contribution >= 0.6 is 0 Å². The van der Waals surface area contributed by atoms with E-state index in [1.54, 1.807) is 0 Å². The molecule has 112 valence electrons. The second kappa shape index (κ2) is 4.56. The van der Waals surface area contributed by atoms with Gasteiger partial charge in [0.1, 0.15) is 5.78 Å². The molecule has 2 nitrogen and oxygen atoms in total. The molecule has 2 heteroatoms. The predicted molar refractivity (Wildman–Crippen MR) is 78.1 cm³/mol. The van der Waals surface area contributed by atoms with Gasteiger partial charge in [0.25, 0.3) is 0 Å². The summed E-state index contributed by atoms with van der Waals surface area (Å²) >= 11 is 0. The van der Waals surface area contributed by atoms with Crippen LogP contribution in [0.1, 0.15) is 64.7 Å². The summed E-state index contributed by atoms with van der Waals surface area (Å²) in [5.74, 6) is 4.50. The maximum atomic E-state index is 12.0. The number of ketones is 1. The van der Waals surface area contributed by atoms with E-state index in [1.807, 2.05) is 0 Å². The minimum Gasteiger partial charge on any atom is -0.393 e. The molecular weight excluding hydrogens is 248 g/mol. The van der Waals surface area contributed by atoms with E-state index in [0.717, 1.165) is 49.4 Å². The normalized spacial score (nSPS) is 55.0. The monoisotopic (exact) mass is 276 g/mol. The molecule has 0 aromatic rings. The summed E-state index contributed by atoms with van der Waals surface area (Å²) in [6, 6.07) is 0. The lowest BCUT2D eigenvalue weighted by atomic mass is 9.52. The van der Waals surface area contributed by atoms with Crippen LogP contribution in [-0.2, 0) is 4.79 Å². The largest absolute Gasteiger partial charge is 0.393 e. The molecule has 4 aliphatic rings. The molecule has 0 heterocycles. The second-order valence-corrected chi connectivity index (χ2v) is 8.60. The SMILES string of the molecule is C[C@@]12CC[C@H]3CC4CC(O)CC[C@@H]4C[C@@H]3[C@H]1CC(=O)C2. The van der Waals surface area contributed by atoms with Crippen LogP contribution in [0.15, 0.2) is 0 Å². The van der Waals surface area contributed by atoms with Crippen molar-refractivity contribution in [1.29, 1.82) is 0 Å². The Morgan fingerprint density at radius 2 is 1.90 bits per heavy atom. The van der Waals surface area contributed by atoms with Crippen molar-refractivity contribution in [1.82, 2.24) is 0 Å². The molecule has 0 aliphatic heterocycles. The maximum Gasteiger partial charge on any atom is 0.133 e. The quantitative estimate of drug-likeness (QED) is 0.734. The molecule has 0 saturated heterocycles. The predicted octanol–water partition coefficient (Wildman–Crippen LogP) is 3.57. The highest BCUT2D eigenvalue weighted by Crippen LogP contribution is 2.60. The molecule has 0 aromatic carbocycles. The van der Waals surface area contributed by atoms with Crippen molar-refractivity contribution in [2.45, 2.75) is 70.8 Å². The zero-order valence-corrected chi connectivity index (χ0v) is 12.7. The molecule has 0 amide bonds. The lowest BCUT2D eigenvalue weighted by Crippen LogP contribution is -2.45. The fourth-order valence-corrected chi connectivity index (χ4v) is 6.43. The molecule has 0 radical (unpaired) electrons. The number of fused-ring (bicyclic) bond motifs is 4. The Morgan fingerprint density at radius 3 is 2.75 bits per heavy atom. The fourth-order valence-electron chi connectivity index (χ4n) is 6.43. The Hall–Kier alpha value is -0.370. The van der Waals surface area contributed by atoms with Crippen molar-refractivity contribution in [3.05, 3.63) is 0 Å². The van der Waals surface area contributed by atoms with Crippen molar-refractivity contribution >= 4 is 5.78 Å². The van der Waals surface area contributed by atoms with Gasteiger partial charge in [-0.2, -0.15) is 0 Å². The number of hydrogen-bond donors (Lipinski definition) is 1. The maximum absolute atomic E-state index is 12.0. The summed E-state index contributed by atoms with van der Waals surface area (Å²) < 4.78 is 0. The first-order valence-electron chi connectivity index (χ1n) is 8.75. The summed E-state index contributed by atoms with van der Waals surface area (Å²) in [7, 11) is 0. The van der Waals surface area contributed by atoms with Gasteiger partial charge in [-0.15, -0.1) is 0 Å². The van der Waals surface area contributed by atoms with E-state index in [1.165, 1.54) is 32.1 Å². The van der Waals surface area contributed by atoms with E-state index in [2.05, 4.69) is 6.92 Å². The van der Waals surface area contributed by atoms with Crippen LogP contribution in [0.2, 0.25) is 0 Å². The molecule has 0 bridgehead atoms. The third-order valence-electron chi connectivity index (χ3n) is 7.44. The van der Waals surface area contributed by atoms with E-state index in [0.29, 0.717) is 17.1 Å². The first-order chi connectivity index (χ1) is 9.55. The highest BCUT2D eigenvalue weighted by Gasteiger charge is 2.54. The number of rotatable bonds is 0. The topological polar surface area (TPSA) is 37.3 Å². The highest BCUT2D eigenvalue weighted by molar-refractivity contribution is 5.82. The van der Waals surface area contributed by atoms with Gasteiger partial charge in [0, 0.05) is 12.8 Å². The van der Waals surface area contributed by atoms with E-state index >= 15 is 0 Å². The summed E-state index contributed by atoms with van der Waals surface area (Å²) in [6.07, 6.45) is 10.3. The number of aliphatic hydroxyl groups excluding tert-OH is 1. The van der Waals surface area contributed by atoms with Crippen LogP contribution in [0, 0.1) is 35.0 Å². The van der Waals surface area contributed by atoms with Crippen LogP contribution < -0.4 is 0 Å². The third kappa shape index (κ3) is 1.98. The van der Waals surface area contributed by atoms with Crippen molar-refractivity contribution in [2.24, 2.45) is 35.0 Å². The van der Waals surface area contributed by atoms with Gasteiger partial charge in [0.15, 0.2) is 0 Å². The third-order valence-corrected chi connectivity index (χ3v) is 7.44. The summed E-state index contributed by atoms with van der Waals surface area (Å²) in [4.78, 5) is 12.0. The van der Waals surface area contributed by atoms with Crippen molar-refractivity contribution in [3.63, 3.8) is 0 Å². The van der Waals surface area contributed by atoms with Gasteiger partial charge < -0.3 is 5.11 Å².